The highest BCUT2D eigenvalue weighted by Crippen LogP contribution is 2.33. The van der Waals surface area contributed by atoms with Crippen LogP contribution in [-0.4, -0.2) is 24.7 Å². The number of hydrogen-bond donors (Lipinski definition) is 2. The zero-order valence-electron chi connectivity index (χ0n) is 17.6. The van der Waals surface area contributed by atoms with Crippen LogP contribution in [0.2, 0.25) is 0 Å². The van der Waals surface area contributed by atoms with Crippen molar-refractivity contribution in [3.63, 3.8) is 0 Å². The first-order valence-corrected chi connectivity index (χ1v) is 10.3. The number of benzene rings is 2. The second-order valence-electron chi connectivity index (χ2n) is 7.41. The summed E-state index contributed by atoms with van der Waals surface area (Å²) >= 11 is 0. The average Bonchev–Trinajstić information content (AvgIpc) is 2.74. The van der Waals surface area contributed by atoms with Gasteiger partial charge in [0.25, 0.3) is 0 Å². The number of hydrogen-bond acceptors (Lipinski definition) is 4. The molecule has 1 aliphatic heterocycles. The minimum Gasteiger partial charge on any atom is -0.494 e. The van der Waals surface area contributed by atoms with Gasteiger partial charge in [0.05, 0.1) is 30.0 Å². The van der Waals surface area contributed by atoms with E-state index >= 15 is 0 Å². The van der Waals surface area contributed by atoms with Crippen LogP contribution in [-0.2, 0) is 9.53 Å². The number of esters is 1. The zero-order chi connectivity index (χ0) is 21.5. The molecule has 2 aromatic carbocycles. The van der Waals surface area contributed by atoms with Gasteiger partial charge in [0.15, 0.2) is 0 Å². The lowest BCUT2D eigenvalue weighted by atomic mass is 9.92. The second kappa shape index (κ2) is 9.96. The van der Waals surface area contributed by atoms with Crippen molar-refractivity contribution in [1.82, 2.24) is 10.6 Å². The maximum Gasteiger partial charge on any atom is 0.338 e. The fourth-order valence-corrected chi connectivity index (χ4v) is 3.24. The number of carbonyl (C=O) groups excluding carboxylic acids is 2. The lowest BCUT2D eigenvalue weighted by Crippen LogP contribution is -2.45. The Bertz CT molecular complexity index is 905. The smallest absolute Gasteiger partial charge is 0.338 e. The van der Waals surface area contributed by atoms with Crippen LogP contribution in [0.25, 0.3) is 5.70 Å². The Kier molecular flexibility index (Phi) is 7.12. The Labute approximate surface area is 177 Å². The van der Waals surface area contributed by atoms with Crippen molar-refractivity contribution in [3.8, 4) is 5.75 Å². The summed E-state index contributed by atoms with van der Waals surface area (Å²) in [6.07, 6.45) is 1.77. The quantitative estimate of drug-likeness (QED) is 0.495. The van der Waals surface area contributed by atoms with E-state index in [9.17, 15) is 9.59 Å². The third-order valence-electron chi connectivity index (χ3n) is 4.68. The largest absolute Gasteiger partial charge is 0.494 e. The Morgan fingerprint density at radius 2 is 1.77 bits per heavy atom. The molecule has 0 radical (unpaired) electrons. The van der Waals surface area contributed by atoms with Crippen molar-refractivity contribution in [3.05, 3.63) is 71.3 Å². The van der Waals surface area contributed by atoms with E-state index in [1.807, 2.05) is 54.6 Å². The first-order chi connectivity index (χ1) is 14.5. The Balaban J connectivity index is 2.00. The summed E-state index contributed by atoms with van der Waals surface area (Å²) in [5.74, 6) is 0.288. The van der Waals surface area contributed by atoms with Crippen LogP contribution in [0, 0.1) is 0 Å². The maximum absolute atomic E-state index is 13.0. The van der Waals surface area contributed by atoms with Crippen molar-refractivity contribution >= 4 is 17.7 Å². The first kappa shape index (κ1) is 21.4. The van der Waals surface area contributed by atoms with Gasteiger partial charge >= 0.3 is 12.0 Å². The highest BCUT2D eigenvalue weighted by molar-refractivity contribution is 6.04. The second-order valence-corrected chi connectivity index (χ2v) is 7.41. The van der Waals surface area contributed by atoms with Gasteiger partial charge in [-0.1, -0.05) is 55.8 Å². The molecule has 6 heteroatoms. The van der Waals surface area contributed by atoms with E-state index in [0.29, 0.717) is 17.9 Å². The Morgan fingerprint density at radius 1 is 1.07 bits per heavy atom. The van der Waals surface area contributed by atoms with E-state index in [-0.39, 0.29) is 12.1 Å². The van der Waals surface area contributed by atoms with Crippen LogP contribution in [0.5, 0.6) is 5.75 Å². The summed E-state index contributed by atoms with van der Waals surface area (Å²) in [6, 6.07) is 15.7. The SMILES string of the molecule is CCCCOc1ccc(C2NC(=O)NC(c3ccccc3)=C2C(=O)OC(C)C)cc1. The lowest BCUT2D eigenvalue weighted by Gasteiger charge is -2.30. The lowest BCUT2D eigenvalue weighted by molar-refractivity contribution is -0.143. The van der Waals surface area contributed by atoms with Gasteiger partial charge in [0.2, 0.25) is 0 Å². The average molecular weight is 408 g/mol. The molecule has 158 valence electrons. The van der Waals surface area contributed by atoms with Crippen molar-refractivity contribution in [2.45, 2.75) is 45.8 Å². The molecule has 1 heterocycles. The van der Waals surface area contributed by atoms with Crippen molar-refractivity contribution in [2.24, 2.45) is 0 Å². The summed E-state index contributed by atoms with van der Waals surface area (Å²) in [4.78, 5) is 25.5. The van der Waals surface area contributed by atoms with Crippen LogP contribution in [0.15, 0.2) is 60.2 Å². The van der Waals surface area contributed by atoms with Gasteiger partial charge in [-0.05, 0) is 43.5 Å². The van der Waals surface area contributed by atoms with Gasteiger partial charge in [0, 0.05) is 0 Å². The normalized spacial score (nSPS) is 16.1. The van der Waals surface area contributed by atoms with Crippen LogP contribution in [0.4, 0.5) is 4.79 Å². The zero-order valence-corrected chi connectivity index (χ0v) is 17.6. The van der Waals surface area contributed by atoms with E-state index in [4.69, 9.17) is 9.47 Å². The third-order valence-corrected chi connectivity index (χ3v) is 4.68. The molecule has 2 N–H and O–H groups in total. The number of nitrogens with one attached hydrogen (secondary N) is 2. The predicted molar refractivity (Wildman–Crippen MR) is 116 cm³/mol. The molecular weight excluding hydrogens is 380 g/mol. The third kappa shape index (κ3) is 5.20. The summed E-state index contributed by atoms with van der Waals surface area (Å²) < 4.78 is 11.2. The molecule has 1 atom stereocenters. The molecule has 2 amide bonds. The number of carbonyl (C=O) groups is 2. The molecule has 0 fully saturated rings. The fraction of sp³-hybridized carbons (Fsp3) is 0.333. The number of unbranched alkanes of at least 4 members (excludes halogenated alkanes) is 1. The number of urea groups is 1. The summed E-state index contributed by atoms with van der Waals surface area (Å²) in [6.45, 7) is 6.37. The molecule has 0 saturated heterocycles. The van der Waals surface area contributed by atoms with Gasteiger partial charge in [-0.15, -0.1) is 0 Å². The first-order valence-electron chi connectivity index (χ1n) is 10.3. The van der Waals surface area contributed by atoms with Gasteiger partial charge in [-0.3, -0.25) is 0 Å². The summed E-state index contributed by atoms with van der Waals surface area (Å²) in [5.41, 5.74) is 2.34. The topological polar surface area (TPSA) is 76.7 Å². The summed E-state index contributed by atoms with van der Waals surface area (Å²) in [7, 11) is 0. The molecule has 0 bridgehead atoms. The van der Waals surface area contributed by atoms with Crippen LogP contribution in [0.3, 0.4) is 0 Å². The molecule has 6 nitrogen and oxygen atoms in total. The van der Waals surface area contributed by atoms with E-state index in [0.717, 1.165) is 29.7 Å². The van der Waals surface area contributed by atoms with Crippen molar-refractivity contribution < 1.29 is 19.1 Å². The Hall–Kier alpha value is -3.28. The molecule has 0 aliphatic carbocycles. The van der Waals surface area contributed by atoms with E-state index in [2.05, 4.69) is 17.6 Å². The van der Waals surface area contributed by atoms with Gasteiger partial charge in [-0.25, -0.2) is 9.59 Å². The maximum atomic E-state index is 13.0. The van der Waals surface area contributed by atoms with Crippen LogP contribution >= 0.6 is 0 Å². The Morgan fingerprint density at radius 3 is 2.40 bits per heavy atom. The number of ether oxygens (including phenoxy) is 2. The minimum atomic E-state index is -0.634. The van der Waals surface area contributed by atoms with E-state index in [1.165, 1.54) is 0 Å². The summed E-state index contributed by atoms with van der Waals surface area (Å²) in [5, 5.41) is 5.65. The van der Waals surface area contributed by atoms with E-state index < -0.39 is 12.0 Å². The molecule has 30 heavy (non-hydrogen) atoms. The number of amides is 2. The molecule has 0 spiro atoms. The molecule has 2 aromatic rings. The fourth-order valence-electron chi connectivity index (χ4n) is 3.24. The monoisotopic (exact) mass is 408 g/mol. The highest BCUT2D eigenvalue weighted by Gasteiger charge is 2.34. The van der Waals surface area contributed by atoms with Crippen LogP contribution < -0.4 is 15.4 Å². The van der Waals surface area contributed by atoms with Gasteiger partial charge in [0.1, 0.15) is 5.75 Å². The molecule has 1 unspecified atom stereocenters. The molecule has 1 aliphatic rings. The molecule has 0 aromatic heterocycles. The predicted octanol–water partition coefficient (Wildman–Crippen LogP) is 4.58. The van der Waals surface area contributed by atoms with Gasteiger partial charge in [-0.2, -0.15) is 0 Å². The van der Waals surface area contributed by atoms with E-state index in [1.54, 1.807) is 13.8 Å². The standard InChI is InChI=1S/C24H28N2O4/c1-4-5-15-29-19-13-11-18(12-14-19)22-20(23(27)30-16(2)3)21(25-24(28)26-22)17-9-7-6-8-10-17/h6-14,16,22H,4-5,15H2,1-3H3,(H2,25,26,28). The minimum absolute atomic E-state index is 0.283. The molecule has 3 rings (SSSR count). The molecule has 0 saturated carbocycles. The van der Waals surface area contributed by atoms with Crippen molar-refractivity contribution in [2.75, 3.05) is 6.61 Å². The van der Waals surface area contributed by atoms with Crippen molar-refractivity contribution in [1.29, 1.82) is 0 Å². The molecular formula is C24H28N2O4. The number of rotatable bonds is 8. The van der Waals surface area contributed by atoms with Gasteiger partial charge < -0.3 is 20.1 Å². The highest BCUT2D eigenvalue weighted by atomic mass is 16.5. The van der Waals surface area contributed by atoms with Crippen LogP contribution in [0.1, 0.15) is 50.8 Å².